The zero-order chi connectivity index (χ0) is 11.9. The van der Waals surface area contributed by atoms with Gasteiger partial charge in [0.25, 0.3) is 5.91 Å². The second-order valence-electron chi connectivity index (χ2n) is 3.80. The van der Waals surface area contributed by atoms with E-state index in [1.807, 2.05) is 0 Å². The van der Waals surface area contributed by atoms with Gasteiger partial charge >= 0.3 is 0 Å². The first kappa shape index (κ1) is 11.0. The van der Waals surface area contributed by atoms with Gasteiger partial charge in [-0.2, -0.15) is 0 Å². The molecule has 1 aliphatic rings. The van der Waals surface area contributed by atoms with Gasteiger partial charge in [0.15, 0.2) is 0 Å². The summed E-state index contributed by atoms with van der Waals surface area (Å²) < 4.78 is 0. The third kappa shape index (κ3) is 1.65. The van der Waals surface area contributed by atoms with E-state index in [4.69, 9.17) is 11.6 Å². The molecule has 0 aromatic heterocycles. The molecule has 0 aliphatic carbocycles. The highest BCUT2D eigenvalue weighted by Gasteiger charge is 2.27. The maximum atomic E-state index is 11.9. The quantitative estimate of drug-likeness (QED) is 0.723. The Morgan fingerprint density at radius 3 is 2.69 bits per heavy atom. The number of halogens is 1. The minimum absolute atomic E-state index is 0.264. The molecule has 1 aromatic carbocycles. The molecule has 0 bridgehead atoms. The third-order valence-electron chi connectivity index (χ3n) is 2.58. The number of carbonyl (C=O) groups excluding carboxylic acids is 2. The van der Waals surface area contributed by atoms with Crippen LogP contribution in [0.5, 0.6) is 0 Å². The predicted molar refractivity (Wildman–Crippen MR) is 61.7 cm³/mol. The van der Waals surface area contributed by atoms with Crippen molar-refractivity contribution >= 4 is 29.1 Å². The zero-order valence-corrected chi connectivity index (χ0v) is 9.68. The van der Waals surface area contributed by atoms with E-state index >= 15 is 0 Å². The second-order valence-corrected chi connectivity index (χ2v) is 4.21. The average Bonchev–Trinajstić information content (AvgIpc) is 2.33. The normalized spacial score (nSPS) is 19.6. The van der Waals surface area contributed by atoms with Crippen LogP contribution in [0, 0.1) is 6.92 Å². The van der Waals surface area contributed by atoms with Crippen LogP contribution in [0.1, 0.15) is 22.8 Å². The van der Waals surface area contributed by atoms with Crippen LogP contribution in [-0.2, 0) is 4.79 Å². The van der Waals surface area contributed by atoms with Crippen LogP contribution >= 0.6 is 11.6 Å². The fourth-order valence-corrected chi connectivity index (χ4v) is 1.87. The molecule has 0 saturated carbocycles. The highest BCUT2D eigenvalue weighted by Crippen LogP contribution is 2.30. The summed E-state index contributed by atoms with van der Waals surface area (Å²) in [6, 6.07) is 2.86. The molecule has 1 aliphatic heterocycles. The third-order valence-corrected chi connectivity index (χ3v) is 2.89. The molecule has 1 heterocycles. The van der Waals surface area contributed by atoms with Crippen molar-refractivity contribution in [2.45, 2.75) is 19.9 Å². The smallest absolute Gasteiger partial charge is 0.254 e. The second kappa shape index (κ2) is 3.79. The van der Waals surface area contributed by atoms with Crippen molar-refractivity contribution in [3.63, 3.8) is 0 Å². The number of amides is 2. The van der Waals surface area contributed by atoms with E-state index in [-0.39, 0.29) is 11.8 Å². The molecule has 1 atom stereocenters. The van der Waals surface area contributed by atoms with Crippen LogP contribution in [-0.4, -0.2) is 17.9 Å². The summed E-state index contributed by atoms with van der Waals surface area (Å²) in [6.07, 6.45) is 0. The molecule has 1 unspecified atom stereocenters. The van der Waals surface area contributed by atoms with Gasteiger partial charge in [-0.15, -0.1) is 0 Å². The first-order chi connectivity index (χ1) is 7.50. The lowest BCUT2D eigenvalue weighted by Gasteiger charge is -2.09. The molecule has 2 rings (SSSR count). The number of hydrogen-bond acceptors (Lipinski definition) is 2. The minimum Gasteiger partial charge on any atom is -0.340 e. The van der Waals surface area contributed by atoms with E-state index in [1.54, 1.807) is 26.0 Å². The Morgan fingerprint density at radius 1 is 1.31 bits per heavy atom. The molecular formula is C11H11ClN2O2. The molecule has 2 amide bonds. The monoisotopic (exact) mass is 238 g/mol. The van der Waals surface area contributed by atoms with Crippen LogP contribution in [0.25, 0.3) is 0 Å². The number of nitrogens with one attached hydrogen (secondary N) is 2. The van der Waals surface area contributed by atoms with E-state index < -0.39 is 6.04 Å². The van der Waals surface area contributed by atoms with Crippen molar-refractivity contribution in [1.82, 2.24) is 5.32 Å². The van der Waals surface area contributed by atoms with E-state index in [2.05, 4.69) is 10.6 Å². The predicted octanol–water partition coefficient (Wildman–Crippen LogP) is 1.72. The number of anilines is 1. The van der Waals surface area contributed by atoms with Gasteiger partial charge < -0.3 is 10.6 Å². The molecule has 84 valence electrons. The molecule has 0 radical (unpaired) electrons. The highest BCUT2D eigenvalue weighted by molar-refractivity contribution is 6.35. The number of hydrogen-bond donors (Lipinski definition) is 2. The Balaban J connectivity index is 2.64. The first-order valence-electron chi connectivity index (χ1n) is 4.91. The molecule has 2 N–H and O–H groups in total. The Bertz CT molecular complexity index is 485. The van der Waals surface area contributed by atoms with Crippen molar-refractivity contribution in [2.75, 3.05) is 5.32 Å². The van der Waals surface area contributed by atoms with Crippen LogP contribution in [0.2, 0.25) is 5.02 Å². The number of benzene rings is 1. The van der Waals surface area contributed by atoms with Crippen LogP contribution in [0.15, 0.2) is 12.1 Å². The summed E-state index contributed by atoms with van der Waals surface area (Å²) >= 11 is 5.97. The van der Waals surface area contributed by atoms with E-state index in [1.165, 1.54) is 0 Å². The van der Waals surface area contributed by atoms with Crippen molar-refractivity contribution in [3.8, 4) is 0 Å². The van der Waals surface area contributed by atoms with E-state index in [0.29, 0.717) is 16.3 Å². The fraction of sp³-hybridized carbons (Fsp3) is 0.273. The van der Waals surface area contributed by atoms with Gasteiger partial charge in [-0.25, -0.2) is 0 Å². The topological polar surface area (TPSA) is 58.2 Å². The first-order valence-corrected chi connectivity index (χ1v) is 5.29. The summed E-state index contributed by atoms with van der Waals surface area (Å²) in [6.45, 7) is 3.43. The number of aryl methyl sites for hydroxylation is 1. The Hall–Kier alpha value is -1.55. The van der Waals surface area contributed by atoms with Gasteiger partial charge in [0.05, 0.1) is 16.3 Å². The van der Waals surface area contributed by atoms with Gasteiger partial charge in [0.2, 0.25) is 5.91 Å². The molecule has 5 heteroatoms. The summed E-state index contributed by atoms with van der Waals surface area (Å²) in [5.41, 5.74) is 1.62. The lowest BCUT2D eigenvalue weighted by Crippen LogP contribution is -2.38. The molecular weight excluding hydrogens is 228 g/mol. The lowest BCUT2D eigenvalue weighted by molar-refractivity contribution is -0.117. The van der Waals surface area contributed by atoms with Crippen molar-refractivity contribution in [2.24, 2.45) is 0 Å². The van der Waals surface area contributed by atoms with Gasteiger partial charge in [-0.3, -0.25) is 9.59 Å². The molecule has 0 saturated heterocycles. The Morgan fingerprint density at radius 2 is 2.00 bits per heavy atom. The maximum absolute atomic E-state index is 11.9. The van der Waals surface area contributed by atoms with Crippen LogP contribution in [0.4, 0.5) is 5.69 Å². The summed E-state index contributed by atoms with van der Waals surface area (Å²) in [4.78, 5) is 23.5. The van der Waals surface area contributed by atoms with Crippen molar-refractivity contribution in [3.05, 3.63) is 28.3 Å². The van der Waals surface area contributed by atoms with Gasteiger partial charge in [-0.05, 0) is 25.5 Å². The van der Waals surface area contributed by atoms with Crippen molar-refractivity contribution in [1.29, 1.82) is 0 Å². The fourth-order valence-electron chi connectivity index (χ4n) is 1.66. The lowest BCUT2D eigenvalue weighted by atomic mass is 10.1. The van der Waals surface area contributed by atoms with Gasteiger partial charge in [0, 0.05) is 0 Å². The Labute approximate surface area is 98.0 Å². The zero-order valence-electron chi connectivity index (χ0n) is 8.93. The molecule has 16 heavy (non-hydrogen) atoms. The number of fused-ring (bicyclic) bond motifs is 1. The molecule has 0 fully saturated rings. The molecule has 1 aromatic rings. The maximum Gasteiger partial charge on any atom is 0.254 e. The standard InChI is InChI=1S/C11H11ClN2O2/c1-5-3-4-7(12)9-8(5)11(16)13-6(2)10(15)14-9/h3-4,6H,1-2H3,(H,13,16)(H,14,15). The molecule has 4 nitrogen and oxygen atoms in total. The summed E-state index contributed by atoms with van der Waals surface area (Å²) in [7, 11) is 0. The SMILES string of the molecule is Cc1ccc(Cl)c2c1C(=O)NC(C)C(=O)N2. The summed E-state index contributed by atoms with van der Waals surface area (Å²) in [5.74, 6) is -0.541. The van der Waals surface area contributed by atoms with Crippen molar-refractivity contribution < 1.29 is 9.59 Å². The van der Waals surface area contributed by atoms with Gasteiger partial charge in [-0.1, -0.05) is 17.7 Å². The van der Waals surface area contributed by atoms with Crippen LogP contribution in [0.3, 0.4) is 0 Å². The average molecular weight is 239 g/mol. The van der Waals surface area contributed by atoms with Crippen LogP contribution < -0.4 is 10.6 Å². The van der Waals surface area contributed by atoms with Gasteiger partial charge in [0.1, 0.15) is 6.04 Å². The number of rotatable bonds is 0. The molecule has 0 spiro atoms. The number of carbonyl (C=O) groups is 2. The summed E-state index contributed by atoms with van der Waals surface area (Å²) in [5, 5.41) is 5.64. The highest BCUT2D eigenvalue weighted by atomic mass is 35.5. The minimum atomic E-state index is -0.560. The largest absolute Gasteiger partial charge is 0.340 e. The Kier molecular flexibility index (Phi) is 2.59. The van der Waals surface area contributed by atoms with E-state index in [9.17, 15) is 9.59 Å². The van der Waals surface area contributed by atoms with E-state index in [0.717, 1.165) is 5.56 Å².